The summed E-state index contributed by atoms with van der Waals surface area (Å²) in [5.41, 5.74) is -0.244. The standard InChI is InChI=1S/C29H25F3N4O4/c30-29(31,32)21-10-16(3-6-23(21)34-7-1-2-8-34)24-12-25(37)20(27(38)39)15-36(24)19-4-5-22-26(11-19)40-28(33-22)35-13-17-9-18(17)14-35/h3-6,10-12,15,17-18H,1-2,7-9,13-14H2,(H,38,39). The third-order valence-corrected chi connectivity index (χ3v) is 8.21. The maximum atomic E-state index is 14.2. The number of carboxylic acid groups (broad SMARTS) is 1. The number of fused-ring (bicyclic) bond motifs is 2. The molecule has 0 amide bonds. The van der Waals surface area contributed by atoms with E-state index in [1.165, 1.54) is 17.1 Å². The van der Waals surface area contributed by atoms with Gasteiger partial charge in [0, 0.05) is 55.9 Å². The van der Waals surface area contributed by atoms with Crippen LogP contribution in [0, 0.1) is 11.8 Å². The van der Waals surface area contributed by atoms with E-state index in [1.807, 2.05) is 0 Å². The number of nitrogens with zero attached hydrogens (tertiary/aromatic N) is 4. The fourth-order valence-electron chi connectivity index (χ4n) is 6.03. The Labute approximate surface area is 226 Å². The molecule has 2 atom stereocenters. The lowest BCUT2D eigenvalue weighted by Crippen LogP contribution is -2.22. The summed E-state index contributed by atoms with van der Waals surface area (Å²) >= 11 is 0. The number of aromatic nitrogens is 2. The number of hydrogen-bond acceptors (Lipinski definition) is 6. The van der Waals surface area contributed by atoms with Gasteiger partial charge in [-0.2, -0.15) is 18.2 Å². The van der Waals surface area contributed by atoms with Crippen LogP contribution in [0.4, 0.5) is 24.9 Å². The van der Waals surface area contributed by atoms with Crippen LogP contribution in [0.1, 0.15) is 35.2 Å². The van der Waals surface area contributed by atoms with E-state index in [-0.39, 0.29) is 16.9 Å². The van der Waals surface area contributed by atoms with Crippen LogP contribution in [0.25, 0.3) is 28.0 Å². The molecule has 0 radical (unpaired) electrons. The molecule has 2 saturated heterocycles. The maximum absolute atomic E-state index is 14.2. The molecule has 0 bridgehead atoms. The van der Waals surface area contributed by atoms with Gasteiger partial charge in [-0.1, -0.05) is 6.07 Å². The summed E-state index contributed by atoms with van der Waals surface area (Å²) in [6.07, 6.45) is -0.601. The monoisotopic (exact) mass is 550 g/mol. The van der Waals surface area contributed by atoms with Crippen LogP contribution in [-0.2, 0) is 6.18 Å². The Kier molecular flexibility index (Phi) is 5.48. The lowest BCUT2D eigenvalue weighted by molar-refractivity contribution is -0.137. The van der Waals surface area contributed by atoms with E-state index in [4.69, 9.17) is 4.42 Å². The minimum absolute atomic E-state index is 0.0972. The summed E-state index contributed by atoms with van der Waals surface area (Å²) < 4.78 is 50.1. The van der Waals surface area contributed by atoms with Crippen molar-refractivity contribution in [2.45, 2.75) is 25.4 Å². The average Bonchev–Trinajstić information content (AvgIpc) is 3.34. The van der Waals surface area contributed by atoms with E-state index < -0.39 is 28.7 Å². The van der Waals surface area contributed by atoms with Gasteiger partial charge in [0.25, 0.3) is 6.01 Å². The number of aromatic carboxylic acids is 1. The third kappa shape index (κ3) is 4.20. The van der Waals surface area contributed by atoms with Crippen LogP contribution in [-0.4, -0.2) is 46.8 Å². The summed E-state index contributed by atoms with van der Waals surface area (Å²) in [5, 5.41) is 9.63. The number of alkyl halides is 3. The highest BCUT2D eigenvalue weighted by molar-refractivity contribution is 5.88. The Morgan fingerprint density at radius 3 is 2.45 bits per heavy atom. The van der Waals surface area contributed by atoms with Gasteiger partial charge in [-0.3, -0.25) is 4.79 Å². The number of hydrogen-bond donors (Lipinski definition) is 1. The number of carbonyl (C=O) groups is 1. The highest BCUT2D eigenvalue weighted by Gasteiger charge is 2.46. The molecule has 7 rings (SSSR count). The van der Waals surface area contributed by atoms with Gasteiger partial charge >= 0.3 is 12.1 Å². The number of anilines is 2. The van der Waals surface area contributed by atoms with Crippen LogP contribution in [0.15, 0.2) is 57.9 Å². The number of carboxylic acids is 1. The van der Waals surface area contributed by atoms with Crippen LogP contribution in [0.5, 0.6) is 0 Å². The van der Waals surface area contributed by atoms with E-state index in [2.05, 4.69) is 9.88 Å². The molecule has 0 spiro atoms. The molecule has 1 N–H and O–H groups in total. The molecule has 206 valence electrons. The second kappa shape index (κ2) is 8.87. The highest BCUT2D eigenvalue weighted by atomic mass is 19.4. The van der Waals surface area contributed by atoms with Crippen molar-refractivity contribution in [3.05, 3.63) is 70.0 Å². The molecule has 2 aliphatic heterocycles. The zero-order valence-electron chi connectivity index (χ0n) is 21.3. The molecule has 1 saturated carbocycles. The van der Waals surface area contributed by atoms with Gasteiger partial charge in [0.05, 0.1) is 11.3 Å². The van der Waals surface area contributed by atoms with Crippen LogP contribution >= 0.6 is 0 Å². The normalized spacial score (nSPS) is 20.4. The highest BCUT2D eigenvalue weighted by Crippen LogP contribution is 2.46. The number of benzene rings is 2. The van der Waals surface area contributed by atoms with E-state index >= 15 is 0 Å². The fraction of sp³-hybridized carbons (Fsp3) is 0.345. The Morgan fingerprint density at radius 2 is 1.75 bits per heavy atom. The topological polar surface area (TPSA) is 91.8 Å². The average molecular weight is 551 g/mol. The van der Waals surface area contributed by atoms with Crippen molar-refractivity contribution in [3.63, 3.8) is 0 Å². The first-order chi connectivity index (χ1) is 19.2. The first-order valence-corrected chi connectivity index (χ1v) is 13.3. The Bertz CT molecular complexity index is 1710. The quantitative estimate of drug-likeness (QED) is 0.355. The largest absolute Gasteiger partial charge is 0.477 e. The Balaban J connectivity index is 1.35. The third-order valence-electron chi connectivity index (χ3n) is 8.21. The zero-order chi connectivity index (χ0) is 27.8. The molecular formula is C29H25F3N4O4. The van der Waals surface area contributed by atoms with Crippen molar-refractivity contribution < 1.29 is 27.5 Å². The lowest BCUT2D eigenvalue weighted by Gasteiger charge is -2.24. The molecule has 2 aromatic carbocycles. The SMILES string of the molecule is O=C(O)c1cn(-c2ccc3nc(N4CC5CC5C4)oc3c2)c(-c2ccc(N3CCCC3)c(C(F)(F)F)c2)cc1=O. The van der Waals surface area contributed by atoms with Crippen LogP contribution in [0.2, 0.25) is 0 Å². The van der Waals surface area contributed by atoms with E-state index in [0.29, 0.717) is 47.7 Å². The van der Waals surface area contributed by atoms with Gasteiger partial charge in [-0.25, -0.2) is 4.79 Å². The molecule has 11 heteroatoms. The maximum Gasteiger partial charge on any atom is 0.418 e. The second-order valence-corrected chi connectivity index (χ2v) is 10.8. The molecule has 3 aliphatic rings. The van der Waals surface area contributed by atoms with Crippen molar-refractivity contribution in [1.82, 2.24) is 9.55 Å². The lowest BCUT2D eigenvalue weighted by atomic mass is 10.0. The van der Waals surface area contributed by atoms with Gasteiger partial charge in [0.2, 0.25) is 0 Å². The molecule has 4 heterocycles. The summed E-state index contributed by atoms with van der Waals surface area (Å²) in [6, 6.07) is 10.6. The molecule has 3 fully saturated rings. The first-order valence-electron chi connectivity index (χ1n) is 13.3. The second-order valence-electron chi connectivity index (χ2n) is 10.8. The molecule has 4 aromatic rings. The fourth-order valence-corrected chi connectivity index (χ4v) is 6.03. The number of pyridine rings is 1. The number of oxazole rings is 1. The van der Waals surface area contributed by atoms with Crippen molar-refractivity contribution in [2.75, 3.05) is 36.0 Å². The van der Waals surface area contributed by atoms with E-state index in [1.54, 1.807) is 29.2 Å². The summed E-state index contributed by atoms with van der Waals surface area (Å²) in [4.78, 5) is 33.0. The van der Waals surface area contributed by atoms with Crippen molar-refractivity contribution >= 4 is 28.8 Å². The van der Waals surface area contributed by atoms with E-state index in [0.717, 1.165) is 44.3 Å². The summed E-state index contributed by atoms with van der Waals surface area (Å²) in [6.45, 7) is 2.87. The van der Waals surface area contributed by atoms with Crippen LogP contribution < -0.4 is 15.2 Å². The minimum atomic E-state index is -4.62. The van der Waals surface area contributed by atoms with E-state index in [9.17, 15) is 27.9 Å². The van der Waals surface area contributed by atoms with Crippen molar-refractivity contribution in [1.29, 1.82) is 0 Å². The summed E-state index contributed by atoms with van der Waals surface area (Å²) in [5.74, 6) is -0.0642. The molecule has 1 aliphatic carbocycles. The number of rotatable bonds is 5. The predicted octanol–water partition coefficient (Wildman–Crippen LogP) is 5.42. The first kappa shape index (κ1) is 24.7. The van der Waals surface area contributed by atoms with Crippen molar-refractivity contribution in [3.8, 4) is 16.9 Å². The van der Waals surface area contributed by atoms with Gasteiger partial charge in [-0.05, 0) is 60.9 Å². The van der Waals surface area contributed by atoms with Gasteiger partial charge in [0.1, 0.15) is 11.1 Å². The van der Waals surface area contributed by atoms with Gasteiger partial charge in [0.15, 0.2) is 11.0 Å². The minimum Gasteiger partial charge on any atom is -0.477 e. The zero-order valence-corrected chi connectivity index (χ0v) is 21.3. The number of piperidine rings is 1. The van der Waals surface area contributed by atoms with Crippen molar-refractivity contribution in [2.24, 2.45) is 11.8 Å². The molecule has 2 unspecified atom stereocenters. The molecule has 2 aromatic heterocycles. The molecule has 8 nitrogen and oxygen atoms in total. The Hall–Kier alpha value is -4.28. The smallest absolute Gasteiger partial charge is 0.418 e. The molecular weight excluding hydrogens is 525 g/mol. The Morgan fingerprint density at radius 1 is 1.00 bits per heavy atom. The number of halogens is 3. The molecule has 40 heavy (non-hydrogen) atoms. The van der Waals surface area contributed by atoms with Crippen LogP contribution in [0.3, 0.4) is 0 Å². The van der Waals surface area contributed by atoms with Gasteiger partial charge < -0.3 is 23.9 Å². The predicted molar refractivity (Wildman–Crippen MR) is 142 cm³/mol. The van der Waals surface area contributed by atoms with Gasteiger partial charge in [-0.15, -0.1) is 0 Å². The summed E-state index contributed by atoms with van der Waals surface area (Å²) in [7, 11) is 0.